The van der Waals surface area contributed by atoms with Crippen LogP contribution in [0.2, 0.25) is 0 Å². The molecule has 0 fully saturated rings. The SMILES string of the molecule is Cc1cc(C)c([N+](=O)[O-])cc1Oc1ccc(CCl)cc1Br. The molecule has 0 saturated carbocycles. The van der Waals surface area contributed by atoms with E-state index in [1.54, 1.807) is 19.1 Å². The second-order valence-electron chi connectivity index (χ2n) is 4.66. The summed E-state index contributed by atoms with van der Waals surface area (Å²) in [6.45, 7) is 3.56. The normalized spacial score (nSPS) is 10.5. The summed E-state index contributed by atoms with van der Waals surface area (Å²) in [7, 11) is 0. The van der Waals surface area contributed by atoms with E-state index in [1.165, 1.54) is 6.07 Å². The lowest BCUT2D eigenvalue weighted by Crippen LogP contribution is -1.96. The molecule has 2 aromatic carbocycles. The molecule has 21 heavy (non-hydrogen) atoms. The van der Waals surface area contributed by atoms with Gasteiger partial charge in [-0.3, -0.25) is 10.1 Å². The number of rotatable bonds is 4. The van der Waals surface area contributed by atoms with Gasteiger partial charge in [0.05, 0.1) is 15.5 Å². The van der Waals surface area contributed by atoms with Crippen molar-refractivity contribution in [1.29, 1.82) is 0 Å². The molecule has 0 aromatic heterocycles. The van der Waals surface area contributed by atoms with Crippen LogP contribution >= 0.6 is 27.5 Å². The lowest BCUT2D eigenvalue weighted by molar-refractivity contribution is -0.385. The molecule has 0 aliphatic heterocycles. The van der Waals surface area contributed by atoms with Crippen molar-refractivity contribution < 1.29 is 9.66 Å². The molecule has 0 spiro atoms. The van der Waals surface area contributed by atoms with Crippen LogP contribution in [0.3, 0.4) is 0 Å². The maximum Gasteiger partial charge on any atom is 0.276 e. The summed E-state index contributed by atoms with van der Waals surface area (Å²) in [5.41, 5.74) is 2.46. The van der Waals surface area contributed by atoms with Crippen LogP contribution in [0.15, 0.2) is 34.8 Å². The fraction of sp³-hybridized carbons (Fsp3) is 0.200. The molecule has 0 atom stereocenters. The van der Waals surface area contributed by atoms with Gasteiger partial charge >= 0.3 is 0 Å². The maximum atomic E-state index is 11.0. The monoisotopic (exact) mass is 369 g/mol. The van der Waals surface area contributed by atoms with Crippen LogP contribution in [-0.4, -0.2) is 4.92 Å². The molecule has 0 aliphatic carbocycles. The van der Waals surface area contributed by atoms with Gasteiger partial charge in [0.2, 0.25) is 0 Å². The van der Waals surface area contributed by atoms with Crippen molar-refractivity contribution in [2.75, 3.05) is 0 Å². The van der Waals surface area contributed by atoms with E-state index in [4.69, 9.17) is 16.3 Å². The summed E-state index contributed by atoms with van der Waals surface area (Å²) < 4.78 is 6.54. The predicted molar refractivity (Wildman–Crippen MR) is 86.3 cm³/mol. The highest BCUT2D eigenvalue weighted by Gasteiger charge is 2.15. The third kappa shape index (κ3) is 3.54. The zero-order valence-corrected chi connectivity index (χ0v) is 13.9. The molecule has 6 heteroatoms. The molecule has 0 radical (unpaired) electrons. The van der Waals surface area contributed by atoms with E-state index >= 15 is 0 Å². The van der Waals surface area contributed by atoms with Gasteiger partial charge in [0, 0.05) is 11.4 Å². The van der Waals surface area contributed by atoms with Gasteiger partial charge < -0.3 is 4.74 Å². The molecule has 0 unspecified atom stereocenters. The van der Waals surface area contributed by atoms with E-state index < -0.39 is 4.92 Å². The first-order valence-electron chi connectivity index (χ1n) is 6.20. The molecule has 110 valence electrons. The van der Waals surface area contributed by atoms with Crippen molar-refractivity contribution >= 4 is 33.2 Å². The Morgan fingerprint density at radius 3 is 2.48 bits per heavy atom. The highest BCUT2D eigenvalue weighted by molar-refractivity contribution is 9.10. The Hall–Kier alpha value is -1.59. The first-order chi connectivity index (χ1) is 9.92. The summed E-state index contributed by atoms with van der Waals surface area (Å²) in [6.07, 6.45) is 0. The molecule has 0 heterocycles. The summed E-state index contributed by atoms with van der Waals surface area (Å²) in [6, 6.07) is 8.69. The largest absolute Gasteiger partial charge is 0.456 e. The van der Waals surface area contributed by atoms with Crippen LogP contribution in [0.5, 0.6) is 11.5 Å². The number of ether oxygens (including phenoxy) is 1. The molecule has 0 saturated heterocycles. The summed E-state index contributed by atoms with van der Waals surface area (Å²) in [5.74, 6) is 1.46. The van der Waals surface area contributed by atoms with Crippen molar-refractivity contribution in [2.24, 2.45) is 0 Å². The van der Waals surface area contributed by atoms with Crippen molar-refractivity contribution in [1.82, 2.24) is 0 Å². The number of nitro groups is 1. The number of hydrogen-bond acceptors (Lipinski definition) is 3. The molecular weight excluding hydrogens is 358 g/mol. The molecule has 0 N–H and O–H groups in total. The van der Waals surface area contributed by atoms with E-state index in [-0.39, 0.29) is 5.69 Å². The first-order valence-corrected chi connectivity index (χ1v) is 7.53. The van der Waals surface area contributed by atoms with Gasteiger partial charge in [-0.2, -0.15) is 0 Å². The van der Waals surface area contributed by atoms with E-state index in [1.807, 2.05) is 19.1 Å². The third-order valence-corrected chi connectivity index (χ3v) is 3.99. The summed E-state index contributed by atoms with van der Waals surface area (Å²) in [5, 5.41) is 11.0. The maximum absolute atomic E-state index is 11.0. The van der Waals surface area contributed by atoms with Crippen molar-refractivity contribution in [3.8, 4) is 11.5 Å². The Morgan fingerprint density at radius 2 is 1.90 bits per heavy atom. The van der Waals surface area contributed by atoms with Gasteiger partial charge in [-0.25, -0.2) is 0 Å². The van der Waals surface area contributed by atoms with E-state index in [9.17, 15) is 10.1 Å². The third-order valence-electron chi connectivity index (χ3n) is 3.06. The summed E-state index contributed by atoms with van der Waals surface area (Å²) in [4.78, 5) is 10.6. The fourth-order valence-corrected chi connectivity index (χ4v) is 2.63. The lowest BCUT2D eigenvalue weighted by Gasteiger charge is -2.12. The Morgan fingerprint density at radius 1 is 1.19 bits per heavy atom. The van der Waals surface area contributed by atoms with E-state index in [0.717, 1.165) is 15.6 Å². The van der Waals surface area contributed by atoms with Gasteiger partial charge in [0.15, 0.2) is 0 Å². The molecule has 2 rings (SSSR count). The van der Waals surface area contributed by atoms with Crippen LogP contribution in [0.4, 0.5) is 5.69 Å². The van der Waals surface area contributed by atoms with Crippen LogP contribution < -0.4 is 4.74 Å². The highest BCUT2D eigenvalue weighted by Crippen LogP contribution is 2.35. The van der Waals surface area contributed by atoms with Gasteiger partial charge in [-0.05, 0) is 59.1 Å². The Labute approximate surface area is 136 Å². The minimum absolute atomic E-state index is 0.0455. The fourth-order valence-electron chi connectivity index (χ4n) is 1.96. The predicted octanol–water partition coefficient (Wildman–Crippen LogP) is 5.51. The Bertz CT molecular complexity index is 704. The molecule has 0 aliphatic rings. The summed E-state index contributed by atoms with van der Waals surface area (Å²) >= 11 is 9.19. The van der Waals surface area contributed by atoms with Crippen molar-refractivity contribution in [2.45, 2.75) is 19.7 Å². The molecular formula is C15H13BrClNO3. The second kappa shape index (κ2) is 6.45. The topological polar surface area (TPSA) is 52.4 Å². The highest BCUT2D eigenvalue weighted by atomic mass is 79.9. The molecule has 0 amide bonds. The number of nitro benzene ring substituents is 1. The van der Waals surface area contributed by atoms with Gasteiger partial charge in [-0.15, -0.1) is 11.6 Å². The number of benzene rings is 2. The Balaban J connectivity index is 2.39. The molecule has 0 bridgehead atoms. The minimum Gasteiger partial charge on any atom is -0.456 e. The second-order valence-corrected chi connectivity index (χ2v) is 5.78. The first kappa shape index (κ1) is 15.8. The lowest BCUT2D eigenvalue weighted by atomic mass is 10.1. The average molecular weight is 371 g/mol. The van der Waals surface area contributed by atoms with Gasteiger partial charge in [0.1, 0.15) is 11.5 Å². The molecule has 2 aromatic rings. The van der Waals surface area contributed by atoms with Crippen molar-refractivity contribution in [3.05, 3.63) is 61.6 Å². The standard InChI is InChI=1S/C15H13BrClNO3/c1-9-5-10(2)15(7-13(9)18(19)20)21-14-4-3-11(8-17)6-12(14)16/h3-7H,8H2,1-2H3. The number of alkyl halides is 1. The van der Waals surface area contributed by atoms with E-state index in [0.29, 0.717) is 22.9 Å². The van der Waals surface area contributed by atoms with E-state index in [2.05, 4.69) is 15.9 Å². The number of nitrogens with zero attached hydrogens (tertiary/aromatic N) is 1. The smallest absolute Gasteiger partial charge is 0.276 e. The van der Waals surface area contributed by atoms with Crippen molar-refractivity contribution in [3.63, 3.8) is 0 Å². The van der Waals surface area contributed by atoms with Gasteiger partial charge in [-0.1, -0.05) is 6.07 Å². The average Bonchev–Trinajstić information content (AvgIpc) is 2.43. The minimum atomic E-state index is -0.409. The van der Waals surface area contributed by atoms with Crippen LogP contribution in [0, 0.1) is 24.0 Å². The number of aryl methyl sites for hydroxylation is 2. The number of hydrogen-bond donors (Lipinski definition) is 0. The van der Waals surface area contributed by atoms with Crippen LogP contribution in [0.25, 0.3) is 0 Å². The zero-order valence-electron chi connectivity index (χ0n) is 11.5. The number of halogens is 2. The quantitative estimate of drug-likeness (QED) is 0.405. The zero-order chi connectivity index (χ0) is 15.6. The molecule has 4 nitrogen and oxygen atoms in total. The Kier molecular flexibility index (Phi) is 4.85. The van der Waals surface area contributed by atoms with Crippen LogP contribution in [-0.2, 0) is 5.88 Å². The van der Waals surface area contributed by atoms with Gasteiger partial charge in [0.25, 0.3) is 5.69 Å². The van der Waals surface area contributed by atoms with Crippen LogP contribution in [0.1, 0.15) is 16.7 Å².